The lowest BCUT2D eigenvalue weighted by Gasteiger charge is -2.15. The van der Waals surface area contributed by atoms with E-state index in [0.29, 0.717) is 22.7 Å². The van der Waals surface area contributed by atoms with Gasteiger partial charge in [-0.1, -0.05) is 22.0 Å². The van der Waals surface area contributed by atoms with Crippen LogP contribution in [-0.4, -0.2) is 19.1 Å². The summed E-state index contributed by atoms with van der Waals surface area (Å²) in [5.74, 6) is 1.01. The molecule has 4 nitrogen and oxygen atoms in total. The van der Waals surface area contributed by atoms with Crippen molar-refractivity contribution in [3.8, 4) is 11.5 Å². The number of carbonyl (C=O) groups excluding carboxylic acids is 1. The van der Waals surface area contributed by atoms with Crippen LogP contribution in [0.25, 0.3) is 0 Å². The summed E-state index contributed by atoms with van der Waals surface area (Å²) in [5, 5.41) is 2.85. The quantitative estimate of drug-likeness (QED) is 0.850. The van der Waals surface area contributed by atoms with Crippen molar-refractivity contribution in [3.05, 3.63) is 52.5 Å². The summed E-state index contributed by atoms with van der Waals surface area (Å²) < 4.78 is 11.7. The van der Waals surface area contributed by atoms with Gasteiger partial charge < -0.3 is 14.8 Å². The predicted molar refractivity (Wildman–Crippen MR) is 90.9 cm³/mol. The first-order chi connectivity index (χ1) is 10.5. The number of hydrogen-bond donors (Lipinski definition) is 1. The van der Waals surface area contributed by atoms with Gasteiger partial charge >= 0.3 is 0 Å². The first-order valence-corrected chi connectivity index (χ1v) is 7.70. The van der Waals surface area contributed by atoms with E-state index < -0.39 is 0 Å². The third-order valence-electron chi connectivity index (χ3n) is 2.88. The number of anilines is 1. The summed E-state index contributed by atoms with van der Waals surface area (Å²) in [6, 6.07) is 12.6. The van der Waals surface area contributed by atoms with E-state index in [9.17, 15) is 4.79 Å². The molecule has 5 heteroatoms. The average molecular weight is 364 g/mol. The van der Waals surface area contributed by atoms with Gasteiger partial charge in [-0.15, -0.1) is 0 Å². The van der Waals surface area contributed by atoms with Crippen LogP contribution in [0.2, 0.25) is 0 Å². The van der Waals surface area contributed by atoms with Gasteiger partial charge in [-0.3, -0.25) is 4.79 Å². The molecule has 0 atom stereocenters. The Morgan fingerprint density at radius 2 is 1.95 bits per heavy atom. The maximum Gasteiger partial charge on any atom is 0.259 e. The highest BCUT2D eigenvalue weighted by Gasteiger charge is 2.15. The molecule has 0 heterocycles. The van der Waals surface area contributed by atoms with Crippen LogP contribution in [0.4, 0.5) is 5.69 Å². The van der Waals surface area contributed by atoms with Crippen molar-refractivity contribution in [3.63, 3.8) is 0 Å². The molecule has 0 fully saturated rings. The summed E-state index contributed by atoms with van der Waals surface area (Å²) in [4.78, 5) is 12.5. The summed E-state index contributed by atoms with van der Waals surface area (Å²) in [6.07, 6.45) is -0.00968. The molecule has 0 aliphatic heterocycles. The molecule has 0 radical (unpaired) electrons. The normalized spacial score (nSPS) is 10.4. The molecule has 0 saturated heterocycles. The molecule has 22 heavy (non-hydrogen) atoms. The summed E-state index contributed by atoms with van der Waals surface area (Å²) >= 11 is 3.38. The average Bonchev–Trinajstić information content (AvgIpc) is 2.48. The van der Waals surface area contributed by atoms with Crippen molar-refractivity contribution in [1.29, 1.82) is 0 Å². The molecule has 2 aromatic rings. The highest BCUT2D eigenvalue weighted by molar-refractivity contribution is 9.10. The number of benzene rings is 2. The van der Waals surface area contributed by atoms with Gasteiger partial charge in [-0.25, -0.2) is 0 Å². The summed E-state index contributed by atoms with van der Waals surface area (Å²) in [7, 11) is 1.59. The maximum absolute atomic E-state index is 12.5. The standard InChI is InChI=1S/C17H18BrNO3/c1-11(2)22-16-8-7-12(18)9-15(16)17(20)19-13-5-4-6-14(10-13)21-3/h4-11H,1-3H3,(H,19,20). The molecule has 0 aromatic heterocycles. The van der Waals surface area contributed by atoms with Gasteiger partial charge in [0.2, 0.25) is 0 Å². The first kappa shape index (κ1) is 16.4. The van der Waals surface area contributed by atoms with E-state index in [1.54, 1.807) is 31.4 Å². The van der Waals surface area contributed by atoms with Crippen LogP contribution in [0, 0.1) is 0 Å². The molecular formula is C17H18BrNO3. The molecule has 0 spiro atoms. The number of carbonyl (C=O) groups is 1. The van der Waals surface area contributed by atoms with Gasteiger partial charge in [0.25, 0.3) is 5.91 Å². The van der Waals surface area contributed by atoms with Crippen LogP contribution in [0.1, 0.15) is 24.2 Å². The van der Waals surface area contributed by atoms with Crippen LogP contribution in [0.3, 0.4) is 0 Å². The first-order valence-electron chi connectivity index (χ1n) is 6.91. The van der Waals surface area contributed by atoms with Crippen molar-refractivity contribution in [2.45, 2.75) is 20.0 Å². The van der Waals surface area contributed by atoms with Crippen LogP contribution in [0.15, 0.2) is 46.9 Å². The summed E-state index contributed by atoms with van der Waals surface area (Å²) in [6.45, 7) is 3.84. The number of rotatable bonds is 5. The molecule has 1 amide bonds. The zero-order chi connectivity index (χ0) is 16.1. The van der Waals surface area contributed by atoms with Crippen molar-refractivity contribution < 1.29 is 14.3 Å². The molecule has 0 unspecified atom stereocenters. The molecule has 2 rings (SSSR count). The molecule has 1 N–H and O–H groups in total. The zero-order valence-electron chi connectivity index (χ0n) is 12.7. The van der Waals surface area contributed by atoms with Crippen LogP contribution in [-0.2, 0) is 0 Å². The van der Waals surface area contributed by atoms with Crippen molar-refractivity contribution in [2.75, 3.05) is 12.4 Å². The summed E-state index contributed by atoms with van der Waals surface area (Å²) in [5.41, 5.74) is 1.14. The van der Waals surface area contributed by atoms with Crippen LogP contribution in [0.5, 0.6) is 11.5 Å². The highest BCUT2D eigenvalue weighted by atomic mass is 79.9. The van der Waals surface area contributed by atoms with Gasteiger partial charge in [0, 0.05) is 16.2 Å². The monoisotopic (exact) mass is 363 g/mol. The van der Waals surface area contributed by atoms with E-state index >= 15 is 0 Å². The SMILES string of the molecule is COc1cccc(NC(=O)c2cc(Br)ccc2OC(C)C)c1. The van der Waals surface area contributed by atoms with Gasteiger partial charge in [-0.05, 0) is 44.2 Å². The Bertz CT molecular complexity index is 671. The largest absolute Gasteiger partial charge is 0.497 e. The lowest BCUT2D eigenvalue weighted by molar-refractivity contribution is 0.102. The Morgan fingerprint density at radius 1 is 1.18 bits per heavy atom. The van der Waals surface area contributed by atoms with E-state index in [-0.39, 0.29) is 12.0 Å². The molecule has 116 valence electrons. The molecule has 0 aliphatic carbocycles. The number of amides is 1. The highest BCUT2D eigenvalue weighted by Crippen LogP contribution is 2.26. The second-order valence-corrected chi connectivity index (χ2v) is 5.91. The molecule has 0 saturated carbocycles. The van der Waals surface area contributed by atoms with Gasteiger partial charge in [0.1, 0.15) is 11.5 Å². The second-order valence-electron chi connectivity index (χ2n) is 4.99. The minimum atomic E-state index is -0.231. The topological polar surface area (TPSA) is 47.6 Å². The Hall–Kier alpha value is -2.01. The minimum Gasteiger partial charge on any atom is -0.497 e. The van der Waals surface area contributed by atoms with E-state index in [1.165, 1.54) is 0 Å². The predicted octanol–water partition coefficient (Wildman–Crippen LogP) is 4.50. The van der Waals surface area contributed by atoms with Crippen molar-refractivity contribution >= 4 is 27.5 Å². The van der Waals surface area contributed by atoms with E-state index in [4.69, 9.17) is 9.47 Å². The number of halogens is 1. The Morgan fingerprint density at radius 3 is 2.64 bits per heavy atom. The number of nitrogens with one attached hydrogen (secondary N) is 1. The number of methoxy groups -OCH3 is 1. The fourth-order valence-electron chi connectivity index (χ4n) is 1.94. The Labute approximate surface area is 138 Å². The van der Waals surface area contributed by atoms with E-state index in [2.05, 4.69) is 21.2 Å². The van der Waals surface area contributed by atoms with E-state index in [0.717, 1.165) is 4.47 Å². The Balaban J connectivity index is 2.26. The van der Waals surface area contributed by atoms with Crippen LogP contribution < -0.4 is 14.8 Å². The zero-order valence-corrected chi connectivity index (χ0v) is 14.3. The third kappa shape index (κ3) is 4.24. The van der Waals surface area contributed by atoms with E-state index in [1.807, 2.05) is 32.0 Å². The fraction of sp³-hybridized carbons (Fsp3) is 0.235. The van der Waals surface area contributed by atoms with Gasteiger partial charge in [0.05, 0.1) is 18.8 Å². The second kappa shape index (κ2) is 7.31. The maximum atomic E-state index is 12.5. The number of hydrogen-bond acceptors (Lipinski definition) is 3. The smallest absolute Gasteiger partial charge is 0.259 e. The van der Waals surface area contributed by atoms with Crippen LogP contribution >= 0.6 is 15.9 Å². The minimum absolute atomic E-state index is 0.00968. The fourth-order valence-corrected chi connectivity index (χ4v) is 2.30. The lowest BCUT2D eigenvalue weighted by Crippen LogP contribution is -2.15. The molecule has 2 aromatic carbocycles. The third-order valence-corrected chi connectivity index (χ3v) is 3.37. The van der Waals surface area contributed by atoms with Gasteiger partial charge in [-0.2, -0.15) is 0 Å². The number of ether oxygens (including phenoxy) is 2. The van der Waals surface area contributed by atoms with Gasteiger partial charge in [0.15, 0.2) is 0 Å². The van der Waals surface area contributed by atoms with Crippen molar-refractivity contribution in [1.82, 2.24) is 0 Å². The van der Waals surface area contributed by atoms with Crippen molar-refractivity contribution in [2.24, 2.45) is 0 Å². The lowest BCUT2D eigenvalue weighted by atomic mass is 10.1. The molecular weight excluding hydrogens is 346 g/mol. The Kier molecular flexibility index (Phi) is 5.44. The molecule has 0 bridgehead atoms. The molecule has 0 aliphatic rings.